The molecule has 10 heteroatoms. The molecule has 3 aromatic rings. The fourth-order valence-corrected chi connectivity index (χ4v) is 5.64. The second-order valence-corrected chi connectivity index (χ2v) is 10.9. The Morgan fingerprint density at radius 1 is 1.00 bits per heavy atom. The largest absolute Gasteiger partial charge is 0.495 e. The van der Waals surface area contributed by atoms with E-state index in [1.807, 2.05) is 18.2 Å². The SMILES string of the molecule is COc1cc(Nc2ncc(OCc3c(F)c(OC)cc(C4CCC4)c3F)cn2)ccc1N1CCC2(CC1)COC2. The zero-order valence-electron chi connectivity index (χ0n) is 22.8. The van der Waals surface area contributed by atoms with Gasteiger partial charge in [-0.25, -0.2) is 18.7 Å². The molecule has 0 bridgehead atoms. The number of nitrogens with one attached hydrogen (secondary N) is 1. The summed E-state index contributed by atoms with van der Waals surface area (Å²) in [4.78, 5) is 11.0. The molecule has 3 aliphatic rings. The minimum atomic E-state index is -0.749. The lowest BCUT2D eigenvalue weighted by atomic mass is 9.77. The van der Waals surface area contributed by atoms with Crippen LogP contribution in [0.25, 0.3) is 0 Å². The number of rotatable bonds is 9. The second kappa shape index (κ2) is 11.1. The summed E-state index contributed by atoms with van der Waals surface area (Å²) in [5, 5.41) is 3.18. The first-order valence-corrected chi connectivity index (χ1v) is 13.8. The smallest absolute Gasteiger partial charge is 0.227 e. The predicted octanol–water partition coefficient (Wildman–Crippen LogP) is 5.98. The number of piperidine rings is 1. The van der Waals surface area contributed by atoms with E-state index in [0.717, 1.165) is 75.5 Å². The van der Waals surface area contributed by atoms with Crippen molar-refractivity contribution in [2.75, 3.05) is 50.7 Å². The first-order valence-electron chi connectivity index (χ1n) is 13.8. The van der Waals surface area contributed by atoms with Gasteiger partial charge >= 0.3 is 0 Å². The van der Waals surface area contributed by atoms with Gasteiger partial charge in [-0.3, -0.25) is 0 Å². The predicted molar refractivity (Wildman–Crippen MR) is 147 cm³/mol. The molecule has 1 N–H and O–H groups in total. The number of ether oxygens (including phenoxy) is 4. The van der Waals surface area contributed by atoms with E-state index in [-0.39, 0.29) is 23.8 Å². The summed E-state index contributed by atoms with van der Waals surface area (Å²) in [5.74, 6) is 0.222. The lowest BCUT2D eigenvalue weighted by Crippen LogP contribution is -2.51. The van der Waals surface area contributed by atoms with Crippen LogP contribution in [-0.4, -0.2) is 50.5 Å². The Hall–Kier alpha value is -3.66. The third-order valence-electron chi connectivity index (χ3n) is 8.48. The quantitative estimate of drug-likeness (QED) is 0.348. The van der Waals surface area contributed by atoms with Crippen LogP contribution in [-0.2, 0) is 11.3 Å². The molecule has 2 aliphatic heterocycles. The van der Waals surface area contributed by atoms with Crippen molar-refractivity contribution in [3.05, 3.63) is 59.4 Å². The van der Waals surface area contributed by atoms with Crippen LogP contribution < -0.4 is 24.4 Å². The van der Waals surface area contributed by atoms with Crippen molar-refractivity contribution in [3.8, 4) is 17.2 Å². The Bertz CT molecular complexity index is 1350. The molecule has 2 saturated heterocycles. The number of nitrogens with zero attached hydrogens (tertiary/aromatic N) is 3. The van der Waals surface area contributed by atoms with Crippen LogP contribution in [0.1, 0.15) is 49.1 Å². The number of hydrogen-bond donors (Lipinski definition) is 1. The summed E-state index contributed by atoms with van der Waals surface area (Å²) >= 11 is 0. The fourth-order valence-electron chi connectivity index (χ4n) is 5.64. The first kappa shape index (κ1) is 26.6. The first-order chi connectivity index (χ1) is 19.5. The highest BCUT2D eigenvalue weighted by atomic mass is 19.1. The van der Waals surface area contributed by atoms with Crippen molar-refractivity contribution < 1.29 is 27.7 Å². The zero-order valence-corrected chi connectivity index (χ0v) is 22.8. The molecule has 0 radical (unpaired) electrons. The van der Waals surface area contributed by atoms with E-state index in [2.05, 4.69) is 20.2 Å². The topological polar surface area (TPSA) is 78.0 Å². The van der Waals surface area contributed by atoms with Crippen LogP contribution in [0.15, 0.2) is 36.7 Å². The zero-order chi connectivity index (χ0) is 27.7. The van der Waals surface area contributed by atoms with E-state index in [4.69, 9.17) is 18.9 Å². The summed E-state index contributed by atoms with van der Waals surface area (Å²) in [6.45, 7) is 3.40. The summed E-state index contributed by atoms with van der Waals surface area (Å²) in [5.41, 5.74) is 2.54. The Morgan fingerprint density at radius 2 is 1.73 bits per heavy atom. The standard InChI is InChI=1S/C30H34F2N4O4/c1-37-25-12-20(6-7-24(25)36-10-8-30(9-11-36)17-39-18-30)35-29-33-14-21(15-34-29)40-16-23-27(31)22(19-4-3-5-19)13-26(38-2)28(23)32/h6-7,12-15,19H,3-5,8-11,16-18H2,1-2H3,(H,33,34,35). The molecule has 3 heterocycles. The van der Waals surface area contributed by atoms with E-state index in [1.165, 1.54) is 25.6 Å². The van der Waals surface area contributed by atoms with Gasteiger partial charge in [-0.05, 0) is 55.4 Å². The van der Waals surface area contributed by atoms with E-state index in [9.17, 15) is 4.39 Å². The molecule has 8 nitrogen and oxygen atoms in total. The summed E-state index contributed by atoms with van der Waals surface area (Å²) in [6, 6.07) is 7.41. The highest BCUT2D eigenvalue weighted by molar-refractivity contribution is 5.67. The van der Waals surface area contributed by atoms with Gasteiger partial charge in [0.25, 0.3) is 0 Å². The monoisotopic (exact) mass is 552 g/mol. The van der Waals surface area contributed by atoms with Crippen LogP contribution in [0, 0.1) is 17.0 Å². The molecule has 0 amide bonds. The third kappa shape index (κ3) is 5.12. The van der Waals surface area contributed by atoms with E-state index in [0.29, 0.717) is 22.7 Å². The van der Waals surface area contributed by atoms with Crippen molar-refractivity contribution >= 4 is 17.3 Å². The highest BCUT2D eigenvalue weighted by Crippen LogP contribution is 2.43. The van der Waals surface area contributed by atoms with Gasteiger partial charge in [0.05, 0.1) is 51.1 Å². The van der Waals surface area contributed by atoms with Gasteiger partial charge in [0.2, 0.25) is 5.95 Å². The van der Waals surface area contributed by atoms with E-state index >= 15 is 4.39 Å². The molecule has 2 aromatic carbocycles. The number of anilines is 3. The number of methoxy groups -OCH3 is 2. The molecule has 0 atom stereocenters. The molecule has 3 fully saturated rings. The molecule has 1 aromatic heterocycles. The van der Waals surface area contributed by atoms with Gasteiger partial charge in [0.1, 0.15) is 18.2 Å². The normalized spacial score (nSPS) is 18.1. The van der Waals surface area contributed by atoms with Gasteiger partial charge < -0.3 is 29.2 Å². The van der Waals surface area contributed by atoms with Crippen LogP contribution in [0.4, 0.5) is 26.1 Å². The van der Waals surface area contributed by atoms with Crippen LogP contribution in [0.3, 0.4) is 0 Å². The van der Waals surface area contributed by atoms with Crippen molar-refractivity contribution in [1.29, 1.82) is 0 Å². The van der Waals surface area contributed by atoms with Crippen LogP contribution in [0.2, 0.25) is 0 Å². The van der Waals surface area contributed by atoms with Gasteiger partial charge in [-0.2, -0.15) is 0 Å². The number of aromatic nitrogens is 2. The Balaban J connectivity index is 1.10. The van der Waals surface area contributed by atoms with Crippen molar-refractivity contribution in [3.63, 3.8) is 0 Å². The third-order valence-corrected chi connectivity index (χ3v) is 8.48. The maximum atomic E-state index is 15.2. The lowest BCUT2D eigenvalue weighted by Gasteiger charge is -2.48. The van der Waals surface area contributed by atoms with E-state index < -0.39 is 11.6 Å². The molecule has 40 heavy (non-hydrogen) atoms. The van der Waals surface area contributed by atoms with Gasteiger partial charge in [0, 0.05) is 30.3 Å². The summed E-state index contributed by atoms with van der Waals surface area (Å²) in [7, 11) is 3.04. The Labute approximate surface area is 232 Å². The van der Waals surface area contributed by atoms with Crippen molar-refractivity contribution in [1.82, 2.24) is 9.97 Å². The molecule has 1 aliphatic carbocycles. The Kier molecular flexibility index (Phi) is 7.35. The highest BCUT2D eigenvalue weighted by Gasteiger charge is 2.41. The minimum absolute atomic E-state index is 0.0244. The van der Waals surface area contributed by atoms with E-state index in [1.54, 1.807) is 7.11 Å². The molecular formula is C30H34F2N4O4. The van der Waals surface area contributed by atoms with Crippen LogP contribution in [0.5, 0.6) is 17.2 Å². The molecule has 212 valence electrons. The number of benzene rings is 2. The number of hydrogen-bond acceptors (Lipinski definition) is 8. The maximum absolute atomic E-state index is 15.2. The molecule has 1 spiro atoms. The lowest BCUT2D eigenvalue weighted by molar-refractivity contribution is -0.124. The van der Waals surface area contributed by atoms with Crippen molar-refractivity contribution in [2.24, 2.45) is 5.41 Å². The van der Waals surface area contributed by atoms with Gasteiger partial charge in [-0.1, -0.05) is 6.42 Å². The molecule has 1 saturated carbocycles. The maximum Gasteiger partial charge on any atom is 0.227 e. The van der Waals surface area contributed by atoms with Gasteiger partial charge in [0.15, 0.2) is 17.3 Å². The fraction of sp³-hybridized carbons (Fsp3) is 0.467. The second-order valence-electron chi connectivity index (χ2n) is 10.9. The average molecular weight is 553 g/mol. The molecule has 6 rings (SSSR count). The number of halogens is 2. The van der Waals surface area contributed by atoms with Crippen LogP contribution >= 0.6 is 0 Å². The summed E-state index contributed by atoms with van der Waals surface area (Å²) in [6.07, 6.45) is 8.00. The van der Waals surface area contributed by atoms with Gasteiger partial charge in [-0.15, -0.1) is 0 Å². The molecule has 0 unspecified atom stereocenters. The van der Waals surface area contributed by atoms with Crippen molar-refractivity contribution in [2.45, 2.75) is 44.6 Å². The summed E-state index contributed by atoms with van der Waals surface area (Å²) < 4.78 is 52.0. The molecular weight excluding hydrogens is 518 g/mol. The Morgan fingerprint density at radius 3 is 2.33 bits per heavy atom. The average Bonchev–Trinajstić information content (AvgIpc) is 2.93. The minimum Gasteiger partial charge on any atom is -0.495 e.